The molecule has 3 N–H and O–H groups in total. The highest BCUT2D eigenvalue weighted by atomic mass is 79.9. The predicted molar refractivity (Wildman–Crippen MR) is 77.4 cm³/mol. The van der Waals surface area contributed by atoms with Gasteiger partial charge in [-0.3, -0.25) is 5.84 Å². The molecule has 17 heavy (non-hydrogen) atoms. The smallest absolute Gasteiger partial charge is 0.0732 e. The Hall–Kier alpha value is -0.390. The zero-order valence-corrected chi connectivity index (χ0v) is 12.4. The molecule has 0 saturated carbocycles. The molecule has 2 nitrogen and oxygen atoms in total. The molecule has 1 atom stereocenters. The molecule has 90 valence electrons. The quantitative estimate of drug-likeness (QED) is 0.658. The maximum atomic E-state index is 6.04. The first-order chi connectivity index (χ1) is 8.13. The van der Waals surface area contributed by atoms with Crippen LogP contribution in [0.2, 0.25) is 5.02 Å². The highest BCUT2D eigenvalue weighted by Crippen LogP contribution is 2.33. The van der Waals surface area contributed by atoms with Crippen molar-refractivity contribution < 1.29 is 0 Å². The van der Waals surface area contributed by atoms with Gasteiger partial charge in [0.25, 0.3) is 0 Å². The fraction of sp³-hybridized carbons (Fsp3) is 0.167. The number of rotatable bonds is 3. The van der Waals surface area contributed by atoms with Crippen LogP contribution in [0.3, 0.4) is 0 Å². The molecular formula is C12H12BrClN2S. The number of hydrogen-bond acceptors (Lipinski definition) is 3. The molecule has 0 amide bonds. The molecule has 2 rings (SSSR count). The van der Waals surface area contributed by atoms with Crippen molar-refractivity contribution in [1.29, 1.82) is 0 Å². The fourth-order valence-electron chi connectivity index (χ4n) is 1.77. The zero-order chi connectivity index (χ0) is 12.4. The molecule has 0 radical (unpaired) electrons. The largest absolute Gasteiger partial charge is 0.271 e. The van der Waals surface area contributed by atoms with Gasteiger partial charge in [-0.2, -0.15) is 11.3 Å². The lowest BCUT2D eigenvalue weighted by Gasteiger charge is -2.18. The number of nitrogens with one attached hydrogen (secondary N) is 1. The van der Waals surface area contributed by atoms with E-state index in [0.29, 0.717) is 0 Å². The molecule has 0 aliphatic carbocycles. The van der Waals surface area contributed by atoms with Crippen molar-refractivity contribution in [1.82, 2.24) is 5.43 Å². The normalized spacial score (nSPS) is 12.7. The minimum absolute atomic E-state index is 0.0469. The van der Waals surface area contributed by atoms with E-state index in [4.69, 9.17) is 17.4 Å². The van der Waals surface area contributed by atoms with Gasteiger partial charge in [-0.05, 0) is 57.1 Å². The standard InChI is InChI=1S/C12H12BrClN2S/c1-7-2-3-8(14)4-9(7)12(16-15)10-5-17-6-11(10)13/h2-6,12,16H,15H2,1H3. The summed E-state index contributed by atoms with van der Waals surface area (Å²) in [6.45, 7) is 2.05. The van der Waals surface area contributed by atoms with Gasteiger partial charge in [-0.25, -0.2) is 5.43 Å². The second kappa shape index (κ2) is 5.50. The van der Waals surface area contributed by atoms with Crippen LogP contribution in [-0.2, 0) is 0 Å². The van der Waals surface area contributed by atoms with Gasteiger partial charge in [-0.15, -0.1) is 0 Å². The number of nitrogens with two attached hydrogens (primary N) is 1. The van der Waals surface area contributed by atoms with E-state index in [0.717, 1.165) is 26.2 Å². The van der Waals surface area contributed by atoms with Crippen LogP contribution >= 0.6 is 38.9 Å². The van der Waals surface area contributed by atoms with E-state index in [2.05, 4.69) is 33.7 Å². The van der Waals surface area contributed by atoms with Crippen molar-refractivity contribution in [2.24, 2.45) is 5.84 Å². The van der Waals surface area contributed by atoms with Crippen molar-refractivity contribution in [3.63, 3.8) is 0 Å². The van der Waals surface area contributed by atoms with E-state index in [1.807, 2.05) is 23.6 Å². The molecule has 5 heteroatoms. The number of hydrogen-bond donors (Lipinski definition) is 2. The molecule has 1 aromatic carbocycles. The van der Waals surface area contributed by atoms with Gasteiger partial charge < -0.3 is 0 Å². The minimum Gasteiger partial charge on any atom is -0.271 e. The molecule has 0 aliphatic heterocycles. The van der Waals surface area contributed by atoms with Gasteiger partial charge in [0.1, 0.15) is 0 Å². The third-order valence-corrected chi connectivity index (χ3v) is 4.66. The summed E-state index contributed by atoms with van der Waals surface area (Å²) in [7, 11) is 0. The average molecular weight is 332 g/mol. The van der Waals surface area contributed by atoms with E-state index in [9.17, 15) is 0 Å². The van der Waals surface area contributed by atoms with E-state index < -0.39 is 0 Å². The van der Waals surface area contributed by atoms with Crippen molar-refractivity contribution in [3.8, 4) is 0 Å². The molecule has 0 bridgehead atoms. The Labute approximate surface area is 118 Å². The lowest BCUT2D eigenvalue weighted by atomic mass is 9.97. The minimum atomic E-state index is -0.0469. The summed E-state index contributed by atoms with van der Waals surface area (Å²) in [4.78, 5) is 0. The molecule has 0 fully saturated rings. The maximum absolute atomic E-state index is 6.04. The first-order valence-corrected chi connectivity index (χ1v) is 7.18. The third-order valence-electron chi connectivity index (χ3n) is 2.67. The molecule has 0 saturated heterocycles. The Balaban J connectivity index is 2.49. The highest BCUT2D eigenvalue weighted by molar-refractivity contribution is 9.10. The first kappa shape index (κ1) is 13.1. The van der Waals surface area contributed by atoms with Crippen molar-refractivity contribution in [3.05, 3.63) is 55.1 Å². The van der Waals surface area contributed by atoms with E-state index in [-0.39, 0.29) is 6.04 Å². The molecule has 2 aromatic rings. The number of thiophene rings is 1. The summed E-state index contributed by atoms with van der Waals surface area (Å²) in [5.74, 6) is 5.67. The summed E-state index contributed by atoms with van der Waals surface area (Å²) in [6, 6.07) is 5.79. The molecule has 1 unspecified atom stereocenters. The molecule has 0 spiro atoms. The molecule has 1 aromatic heterocycles. The maximum Gasteiger partial charge on any atom is 0.0732 e. The van der Waals surface area contributed by atoms with Crippen LogP contribution < -0.4 is 11.3 Å². The Morgan fingerprint density at radius 3 is 2.71 bits per heavy atom. The monoisotopic (exact) mass is 330 g/mol. The second-order valence-corrected chi connectivity index (χ2v) is 5.81. The number of aryl methyl sites for hydroxylation is 1. The Morgan fingerprint density at radius 1 is 1.35 bits per heavy atom. The van der Waals surface area contributed by atoms with Crippen molar-refractivity contribution in [2.75, 3.05) is 0 Å². The van der Waals surface area contributed by atoms with E-state index in [1.54, 1.807) is 11.3 Å². The summed E-state index contributed by atoms with van der Waals surface area (Å²) in [5, 5.41) is 4.84. The molecule has 1 heterocycles. The summed E-state index contributed by atoms with van der Waals surface area (Å²) < 4.78 is 1.06. The zero-order valence-electron chi connectivity index (χ0n) is 9.21. The number of halogens is 2. The Kier molecular flexibility index (Phi) is 4.22. The van der Waals surface area contributed by atoms with Crippen LogP contribution in [0, 0.1) is 6.92 Å². The highest BCUT2D eigenvalue weighted by Gasteiger charge is 2.18. The van der Waals surface area contributed by atoms with E-state index in [1.165, 1.54) is 0 Å². The molecular weight excluding hydrogens is 320 g/mol. The Morgan fingerprint density at radius 2 is 2.12 bits per heavy atom. The van der Waals surface area contributed by atoms with Crippen LogP contribution in [0.1, 0.15) is 22.7 Å². The second-order valence-electron chi connectivity index (χ2n) is 3.78. The van der Waals surface area contributed by atoms with Crippen LogP contribution in [0.5, 0.6) is 0 Å². The lowest BCUT2D eigenvalue weighted by Crippen LogP contribution is -2.29. The van der Waals surface area contributed by atoms with Gasteiger partial charge in [0, 0.05) is 14.9 Å². The van der Waals surface area contributed by atoms with Crippen LogP contribution in [0.15, 0.2) is 33.4 Å². The van der Waals surface area contributed by atoms with Crippen LogP contribution in [0.4, 0.5) is 0 Å². The van der Waals surface area contributed by atoms with Gasteiger partial charge in [0.15, 0.2) is 0 Å². The topological polar surface area (TPSA) is 38.0 Å². The van der Waals surface area contributed by atoms with Gasteiger partial charge >= 0.3 is 0 Å². The van der Waals surface area contributed by atoms with Gasteiger partial charge in [-0.1, -0.05) is 17.7 Å². The van der Waals surface area contributed by atoms with Crippen molar-refractivity contribution in [2.45, 2.75) is 13.0 Å². The Bertz CT molecular complexity index is 527. The SMILES string of the molecule is Cc1ccc(Cl)cc1C(NN)c1cscc1Br. The van der Waals surface area contributed by atoms with Gasteiger partial charge in [0.05, 0.1) is 6.04 Å². The van der Waals surface area contributed by atoms with Crippen molar-refractivity contribution >= 4 is 38.9 Å². The summed E-state index contributed by atoms with van der Waals surface area (Å²) in [6.07, 6.45) is 0. The molecule has 0 aliphatic rings. The van der Waals surface area contributed by atoms with E-state index >= 15 is 0 Å². The fourth-order valence-corrected chi connectivity index (χ4v) is 3.50. The number of benzene rings is 1. The summed E-state index contributed by atoms with van der Waals surface area (Å²) >= 11 is 11.2. The lowest BCUT2D eigenvalue weighted by molar-refractivity contribution is 0.633. The average Bonchev–Trinajstić information content (AvgIpc) is 2.71. The van der Waals surface area contributed by atoms with Gasteiger partial charge in [0.2, 0.25) is 0 Å². The first-order valence-electron chi connectivity index (χ1n) is 5.07. The van der Waals surface area contributed by atoms with Crippen LogP contribution in [-0.4, -0.2) is 0 Å². The number of hydrazine groups is 1. The third kappa shape index (κ3) is 2.72. The summed E-state index contributed by atoms with van der Waals surface area (Å²) in [5.41, 5.74) is 6.23. The predicted octanol–water partition coefficient (Wildman–Crippen LogP) is 4.03. The van der Waals surface area contributed by atoms with Crippen LogP contribution in [0.25, 0.3) is 0 Å².